The molecule has 2 fully saturated rings. The van der Waals surface area contributed by atoms with Gasteiger partial charge in [0.1, 0.15) is 0 Å². The van der Waals surface area contributed by atoms with Crippen LogP contribution in [0.1, 0.15) is 66.2 Å². The summed E-state index contributed by atoms with van der Waals surface area (Å²) in [4.78, 5) is 0. The smallest absolute Gasteiger partial charge is 0.170 e. The molecule has 1 spiro atoms. The molecule has 0 radical (unpaired) electrons. The fraction of sp³-hybridized carbons (Fsp3) is 1.00. The number of hydrogen-bond acceptors (Lipinski definition) is 2. The normalized spacial score (nSPS) is 28.9. The van der Waals surface area contributed by atoms with Crippen LogP contribution in [0, 0.1) is 0 Å². The summed E-state index contributed by atoms with van der Waals surface area (Å²) in [6.45, 7) is 13.6. The third kappa shape index (κ3) is 2.39. The Morgan fingerprint density at radius 3 is 1.47 bits per heavy atom. The van der Waals surface area contributed by atoms with Gasteiger partial charge in [0.05, 0.1) is 13.2 Å². The molecule has 0 bridgehead atoms. The first-order valence-electron chi connectivity index (χ1n) is 8.04. The quantitative estimate of drug-likeness (QED) is 0.694. The van der Waals surface area contributed by atoms with Crippen LogP contribution in [0.4, 0.5) is 0 Å². The van der Waals surface area contributed by atoms with Crippen LogP contribution in [-0.2, 0) is 9.47 Å². The van der Waals surface area contributed by atoms with Gasteiger partial charge in [0, 0.05) is 12.8 Å². The van der Waals surface area contributed by atoms with Gasteiger partial charge in [-0.15, -0.1) is 0 Å². The summed E-state index contributed by atoms with van der Waals surface area (Å²) in [5.41, 5.74) is 0. The van der Waals surface area contributed by atoms with Gasteiger partial charge < -0.3 is 9.47 Å². The van der Waals surface area contributed by atoms with Crippen molar-refractivity contribution in [2.45, 2.75) is 82.3 Å². The van der Waals surface area contributed by atoms with Crippen LogP contribution in [0.3, 0.4) is 0 Å². The van der Waals surface area contributed by atoms with Crippen LogP contribution in [0.2, 0.25) is 0 Å². The summed E-state index contributed by atoms with van der Waals surface area (Å²) < 4.78 is 12.3. The Balaban J connectivity index is 2.40. The van der Waals surface area contributed by atoms with Crippen molar-refractivity contribution >= 4 is 7.92 Å². The van der Waals surface area contributed by atoms with E-state index in [9.17, 15) is 0 Å². The molecule has 112 valence electrons. The van der Waals surface area contributed by atoms with E-state index in [0.29, 0.717) is 10.3 Å². The summed E-state index contributed by atoms with van der Waals surface area (Å²) in [5.74, 6) is -0.257. The SMILES string of the molecule is CCC1(CC)CC2(CC(CC)(CC)P1C)OCCO2. The van der Waals surface area contributed by atoms with Gasteiger partial charge in [-0.05, 0) is 42.7 Å². The largest absolute Gasteiger partial charge is 0.347 e. The lowest BCUT2D eigenvalue weighted by Crippen LogP contribution is -2.54. The first kappa shape index (κ1) is 15.7. The van der Waals surface area contributed by atoms with Gasteiger partial charge in [0.2, 0.25) is 0 Å². The van der Waals surface area contributed by atoms with E-state index in [0.717, 1.165) is 26.1 Å². The van der Waals surface area contributed by atoms with Crippen molar-refractivity contribution in [1.29, 1.82) is 0 Å². The highest BCUT2D eigenvalue weighted by atomic mass is 31.1. The van der Waals surface area contributed by atoms with E-state index < -0.39 is 0 Å². The first-order chi connectivity index (χ1) is 9.02. The summed E-state index contributed by atoms with van der Waals surface area (Å²) >= 11 is 0. The maximum absolute atomic E-state index is 6.14. The third-order valence-electron chi connectivity index (χ3n) is 6.07. The first-order valence-corrected chi connectivity index (χ1v) is 9.83. The molecule has 2 saturated heterocycles. The van der Waals surface area contributed by atoms with Crippen LogP contribution in [0.25, 0.3) is 0 Å². The molecule has 3 heteroatoms. The van der Waals surface area contributed by atoms with Gasteiger partial charge in [-0.1, -0.05) is 35.6 Å². The number of ether oxygens (including phenoxy) is 2. The van der Waals surface area contributed by atoms with Gasteiger partial charge in [-0.3, -0.25) is 0 Å². The molecule has 2 aliphatic heterocycles. The highest BCUT2D eigenvalue weighted by molar-refractivity contribution is 7.60. The molecule has 2 aliphatic rings. The monoisotopic (exact) mass is 286 g/mol. The van der Waals surface area contributed by atoms with Crippen LogP contribution in [-0.4, -0.2) is 36.0 Å². The molecule has 0 aromatic heterocycles. The maximum atomic E-state index is 6.14. The van der Waals surface area contributed by atoms with E-state index >= 15 is 0 Å². The number of rotatable bonds is 4. The van der Waals surface area contributed by atoms with Gasteiger partial charge in [0.25, 0.3) is 0 Å². The third-order valence-corrected chi connectivity index (χ3v) is 10.5. The van der Waals surface area contributed by atoms with Crippen molar-refractivity contribution in [2.24, 2.45) is 0 Å². The van der Waals surface area contributed by atoms with E-state index in [-0.39, 0.29) is 13.7 Å². The van der Waals surface area contributed by atoms with Crippen LogP contribution in [0.15, 0.2) is 0 Å². The molecule has 0 aliphatic carbocycles. The molecular formula is C16H31O2P. The molecule has 0 aromatic carbocycles. The standard InChI is InChI=1S/C16H31O2P/c1-6-14(7-2)12-16(17-10-11-18-16)13-15(8-3,9-4)19(14)5/h6-13H2,1-5H3. The van der Waals surface area contributed by atoms with E-state index in [2.05, 4.69) is 34.4 Å². The predicted octanol–water partition coefficient (Wildman–Crippen LogP) is 4.75. The average Bonchev–Trinajstić information content (AvgIpc) is 2.89. The van der Waals surface area contributed by atoms with E-state index in [1.54, 1.807) is 0 Å². The second-order valence-electron chi connectivity index (χ2n) is 6.38. The van der Waals surface area contributed by atoms with Crippen LogP contribution < -0.4 is 0 Å². The lowest BCUT2D eigenvalue weighted by atomic mass is 9.83. The molecule has 19 heavy (non-hydrogen) atoms. The van der Waals surface area contributed by atoms with Crippen molar-refractivity contribution in [3.05, 3.63) is 0 Å². The number of hydrogen-bond donors (Lipinski definition) is 0. The molecule has 0 N–H and O–H groups in total. The van der Waals surface area contributed by atoms with Gasteiger partial charge in [-0.25, -0.2) is 0 Å². The molecule has 0 atom stereocenters. The van der Waals surface area contributed by atoms with Crippen molar-refractivity contribution in [1.82, 2.24) is 0 Å². The Bertz CT molecular complexity index is 278. The zero-order chi connectivity index (χ0) is 14.1. The molecule has 2 rings (SSSR count). The van der Waals surface area contributed by atoms with E-state index in [4.69, 9.17) is 9.47 Å². The minimum Gasteiger partial charge on any atom is -0.347 e. The minimum absolute atomic E-state index is 0.0105. The Hall–Kier alpha value is 0.350. The summed E-state index contributed by atoms with van der Waals surface area (Å²) in [7, 11) is 0.0105. The van der Waals surface area contributed by atoms with Crippen molar-refractivity contribution in [3.63, 3.8) is 0 Å². The summed E-state index contributed by atoms with van der Waals surface area (Å²) in [6, 6.07) is 0. The average molecular weight is 286 g/mol. The second kappa shape index (κ2) is 5.62. The fourth-order valence-electron chi connectivity index (χ4n) is 4.46. The van der Waals surface area contributed by atoms with Crippen molar-refractivity contribution < 1.29 is 9.47 Å². The van der Waals surface area contributed by atoms with E-state index in [1.165, 1.54) is 25.7 Å². The lowest BCUT2D eigenvalue weighted by Gasteiger charge is -2.58. The van der Waals surface area contributed by atoms with Crippen molar-refractivity contribution in [2.75, 3.05) is 19.9 Å². The Morgan fingerprint density at radius 2 is 1.16 bits per heavy atom. The molecule has 2 heterocycles. The fourth-order valence-corrected chi connectivity index (χ4v) is 8.32. The summed E-state index contributed by atoms with van der Waals surface area (Å²) in [5, 5.41) is 0.897. The van der Waals surface area contributed by atoms with E-state index in [1.807, 2.05) is 0 Å². The molecular weight excluding hydrogens is 255 g/mol. The zero-order valence-electron chi connectivity index (χ0n) is 13.4. The Kier molecular flexibility index (Phi) is 4.65. The Labute approximate surface area is 120 Å². The topological polar surface area (TPSA) is 18.5 Å². The minimum atomic E-state index is -0.257. The van der Waals surface area contributed by atoms with Gasteiger partial charge >= 0.3 is 0 Å². The van der Waals surface area contributed by atoms with Crippen molar-refractivity contribution in [3.8, 4) is 0 Å². The van der Waals surface area contributed by atoms with Crippen LogP contribution >= 0.6 is 7.92 Å². The molecule has 0 saturated carbocycles. The highest BCUT2D eigenvalue weighted by Gasteiger charge is 2.58. The predicted molar refractivity (Wildman–Crippen MR) is 83.3 cm³/mol. The van der Waals surface area contributed by atoms with Gasteiger partial charge in [-0.2, -0.15) is 0 Å². The lowest BCUT2D eigenvalue weighted by molar-refractivity contribution is -0.183. The molecule has 0 unspecified atom stereocenters. The summed E-state index contributed by atoms with van der Waals surface area (Å²) in [6.07, 6.45) is 7.31. The van der Waals surface area contributed by atoms with Crippen LogP contribution in [0.5, 0.6) is 0 Å². The molecule has 2 nitrogen and oxygen atoms in total. The molecule has 0 amide bonds. The van der Waals surface area contributed by atoms with Gasteiger partial charge in [0.15, 0.2) is 5.79 Å². The zero-order valence-corrected chi connectivity index (χ0v) is 14.3. The highest BCUT2D eigenvalue weighted by Crippen LogP contribution is 2.71. The second-order valence-corrected chi connectivity index (χ2v) is 9.40. The Morgan fingerprint density at radius 1 is 0.789 bits per heavy atom. The maximum Gasteiger partial charge on any atom is 0.170 e. The molecule has 0 aromatic rings.